The Kier molecular flexibility index (Phi) is 4.16. The molecule has 0 bridgehead atoms. The Labute approximate surface area is 116 Å². The zero-order chi connectivity index (χ0) is 13.8. The van der Waals surface area contributed by atoms with Crippen molar-refractivity contribution in [3.63, 3.8) is 0 Å². The first-order valence-electron chi connectivity index (χ1n) is 5.98. The van der Waals surface area contributed by atoms with Gasteiger partial charge in [-0.1, -0.05) is 23.7 Å². The van der Waals surface area contributed by atoms with Crippen LogP contribution in [0.4, 0.5) is 0 Å². The van der Waals surface area contributed by atoms with Crippen LogP contribution < -0.4 is 5.32 Å². The SMILES string of the molecule is CC(NC(=O)C(C)n1cncn1)c1ccc(Cl)cc1. The third kappa shape index (κ3) is 3.32. The summed E-state index contributed by atoms with van der Waals surface area (Å²) in [5.41, 5.74) is 1.00. The first kappa shape index (κ1) is 13.5. The zero-order valence-electron chi connectivity index (χ0n) is 10.7. The maximum Gasteiger partial charge on any atom is 0.245 e. The van der Waals surface area contributed by atoms with Crippen molar-refractivity contribution in [2.24, 2.45) is 0 Å². The van der Waals surface area contributed by atoms with Gasteiger partial charge in [-0.3, -0.25) is 4.79 Å². The molecular weight excluding hydrogens is 264 g/mol. The summed E-state index contributed by atoms with van der Waals surface area (Å²) < 4.78 is 1.52. The minimum atomic E-state index is -0.391. The van der Waals surface area contributed by atoms with Gasteiger partial charge in [0, 0.05) is 5.02 Å². The van der Waals surface area contributed by atoms with Gasteiger partial charge in [-0.05, 0) is 31.5 Å². The minimum Gasteiger partial charge on any atom is -0.348 e. The fourth-order valence-electron chi connectivity index (χ4n) is 1.71. The van der Waals surface area contributed by atoms with E-state index in [1.165, 1.54) is 17.3 Å². The third-order valence-electron chi connectivity index (χ3n) is 2.94. The molecule has 2 rings (SSSR count). The van der Waals surface area contributed by atoms with Crippen LogP contribution in [0.25, 0.3) is 0 Å². The Balaban J connectivity index is 2.00. The van der Waals surface area contributed by atoms with E-state index in [0.29, 0.717) is 5.02 Å². The lowest BCUT2D eigenvalue weighted by Gasteiger charge is -2.18. The molecule has 0 aliphatic rings. The molecule has 5 nitrogen and oxygen atoms in total. The second kappa shape index (κ2) is 5.84. The number of nitrogens with zero attached hydrogens (tertiary/aromatic N) is 3. The van der Waals surface area contributed by atoms with Crippen molar-refractivity contribution in [3.05, 3.63) is 47.5 Å². The van der Waals surface area contributed by atoms with Gasteiger partial charge in [0.15, 0.2) is 0 Å². The molecule has 0 aliphatic heterocycles. The molecule has 1 aromatic heterocycles. The number of amides is 1. The highest BCUT2D eigenvalue weighted by Crippen LogP contribution is 2.16. The predicted octanol–water partition coefficient (Wildman–Crippen LogP) is 2.37. The number of nitrogens with one attached hydrogen (secondary N) is 1. The highest BCUT2D eigenvalue weighted by molar-refractivity contribution is 6.30. The molecule has 0 saturated heterocycles. The standard InChI is InChI=1S/C13H15ClN4O/c1-9(11-3-5-12(14)6-4-11)17-13(19)10(2)18-8-15-7-16-18/h3-10H,1-2H3,(H,17,19). The largest absolute Gasteiger partial charge is 0.348 e. The molecule has 0 spiro atoms. The van der Waals surface area contributed by atoms with E-state index in [1.54, 1.807) is 19.1 Å². The van der Waals surface area contributed by atoms with Gasteiger partial charge in [0.2, 0.25) is 5.91 Å². The quantitative estimate of drug-likeness (QED) is 0.934. The van der Waals surface area contributed by atoms with Crippen LogP contribution in [0.5, 0.6) is 0 Å². The van der Waals surface area contributed by atoms with E-state index in [1.807, 2.05) is 19.1 Å². The Morgan fingerprint density at radius 3 is 2.58 bits per heavy atom. The van der Waals surface area contributed by atoms with E-state index >= 15 is 0 Å². The maximum absolute atomic E-state index is 12.1. The van der Waals surface area contributed by atoms with Crippen LogP contribution in [0, 0.1) is 0 Å². The highest BCUT2D eigenvalue weighted by Gasteiger charge is 2.17. The van der Waals surface area contributed by atoms with E-state index in [2.05, 4.69) is 15.4 Å². The molecular formula is C13H15ClN4O. The van der Waals surface area contributed by atoms with Gasteiger partial charge >= 0.3 is 0 Å². The lowest BCUT2D eigenvalue weighted by molar-refractivity contribution is -0.124. The highest BCUT2D eigenvalue weighted by atomic mass is 35.5. The van der Waals surface area contributed by atoms with Gasteiger partial charge in [-0.15, -0.1) is 0 Å². The summed E-state index contributed by atoms with van der Waals surface area (Å²) in [5.74, 6) is -0.104. The van der Waals surface area contributed by atoms with Crippen LogP contribution >= 0.6 is 11.6 Å². The smallest absolute Gasteiger partial charge is 0.245 e. The average molecular weight is 279 g/mol. The number of aromatic nitrogens is 3. The molecule has 6 heteroatoms. The van der Waals surface area contributed by atoms with Gasteiger partial charge in [0.1, 0.15) is 18.7 Å². The van der Waals surface area contributed by atoms with E-state index in [4.69, 9.17) is 11.6 Å². The van der Waals surface area contributed by atoms with Crippen LogP contribution in [0.2, 0.25) is 5.02 Å². The van der Waals surface area contributed by atoms with Gasteiger partial charge in [0.25, 0.3) is 0 Å². The van der Waals surface area contributed by atoms with Gasteiger partial charge in [0.05, 0.1) is 6.04 Å². The van der Waals surface area contributed by atoms with Crippen LogP contribution in [0.3, 0.4) is 0 Å². The second-order valence-electron chi connectivity index (χ2n) is 4.33. The molecule has 0 aliphatic carbocycles. The van der Waals surface area contributed by atoms with E-state index in [0.717, 1.165) is 5.56 Å². The summed E-state index contributed by atoms with van der Waals surface area (Å²) in [6, 6.07) is 6.93. The second-order valence-corrected chi connectivity index (χ2v) is 4.77. The first-order valence-corrected chi connectivity index (χ1v) is 6.35. The molecule has 19 heavy (non-hydrogen) atoms. The molecule has 2 atom stereocenters. The number of hydrogen-bond acceptors (Lipinski definition) is 3. The first-order chi connectivity index (χ1) is 9.08. The van der Waals surface area contributed by atoms with Crippen LogP contribution in [0.15, 0.2) is 36.9 Å². The van der Waals surface area contributed by atoms with E-state index in [9.17, 15) is 4.79 Å². The zero-order valence-corrected chi connectivity index (χ0v) is 11.5. The van der Waals surface area contributed by atoms with Crippen molar-refractivity contribution in [1.82, 2.24) is 20.1 Å². The van der Waals surface area contributed by atoms with Gasteiger partial charge in [-0.25, -0.2) is 9.67 Å². The fourth-order valence-corrected chi connectivity index (χ4v) is 1.83. The Morgan fingerprint density at radius 2 is 2.00 bits per heavy atom. The van der Waals surface area contributed by atoms with Gasteiger partial charge in [-0.2, -0.15) is 5.10 Å². The van der Waals surface area contributed by atoms with Crippen molar-refractivity contribution in [1.29, 1.82) is 0 Å². The molecule has 0 saturated carbocycles. The monoisotopic (exact) mass is 278 g/mol. The summed E-state index contributed by atoms with van der Waals surface area (Å²) in [4.78, 5) is 15.9. The summed E-state index contributed by atoms with van der Waals surface area (Å²) >= 11 is 5.83. The molecule has 2 aromatic rings. The lowest BCUT2D eigenvalue weighted by Crippen LogP contribution is -2.33. The summed E-state index contributed by atoms with van der Waals surface area (Å²) in [6.45, 7) is 3.70. The van der Waals surface area contributed by atoms with Crippen molar-refractivity contribution in [2.45, 2.75) is 25.9 Å². The number of hydrogen-bond donors (Lipinski definition) is 1. The van der Waals surface area contributed by atoms with Crippen LogP contribution in [-0.4, -0.2) is 20.7 Å². The molecule has 1 heterocycles. The molecule has 1 N–H and O–H groups in total. The minimum absolute atomic E-state index is 0.0873. The normalized spacial score (nSPS) is 13.8. The Hall–Kier alpha value is -1.88. The number of carbonyl (C=O) groups is 1. The van der Waals surface area contributed by atoms with Crippen LogP contribution in [-0.2, 0) is 4.79 Å². The molecule has 0 radical (unpaired) electrons. The molecule has 2 unspecified atom stereocenters. The topological polar surface area (TPSA) is 59.8 Å². The number of halogens is 1. The van der Waals surface area contributed by atoms with Crippen molar-refractivity contribution >= 4 is 17.5 Å². The molecule has 1 aromatic carbocycles. The molecule has 1 amide bonds. The maximum atomic E-state index is 12.1. The van der Waals surface area contributed by atoms with Crippen molar-refractivity contribution in [2.75, 3.05) is 0 Å². The van der Waals surface area contributed by atoms with Crippen LogP contribution in [0.1, 0.15) is 31.5 Å². The molecule has 100 valence electrons. The summed E-state index contributed by atoms with van der Waals surface area (Å²) in [5, 5.41) is 7.57. The number of benzene rings is 1. The molecule has 0 fully saturated rings. The average Bonchev–Trinajstić information content (AvgIpc) is 2.92. The van der Waals surface area contributed by atoms with Gasteiger partial charge < -0.3 is 5.32 Å². The fraction of sp³-hybridized carbons (Fsp3) is 0.308. The predicted molar refractivity (Wildman–Crippen MR) is 72.7 cm³/mol. The Bertz CT molecular complexity index is 538. The third-order valence-corrected chi connectivity index (χ3v) is 3.19. The van der Waals surface area contributed by atoms with Crippen molar-refractivity contribution in [3.8, 4) is 0 Å². The van der Waals surface area contributed by atoms with Crippen molar-refractivity contribution < 1.29 is 4.79 Å². The lowest BCUT2D eigenvalue weighted by atomic mass is 10.1. The number of rotatable bonds is 4. The summed E-state index contributed by atoms with van der Waals surface area (Å²) in [6.07, 6.45) is 2.93. The van der Waals surface area contributed by atoms with E-state index in [-0.39, 0.29) is 11.9 Å². The van der Waals surface area contributed by atoms with E-state index < -0.39 is 6.04 Å². The Morgan fingerprint density at radius 1 is 1.32 bits per heavy atom. The number of carbonyl (C=O) groups excluding carboxylic acids is 1. The summed E-state index contributed by atoms with van der Waals surface area (Å²) in [7, 11) is 0.